The summed E-state index contributed by atoms with van der Waals surface area (Å²) >= 11 is 0. The minimum absolute atomic E-state index is 0.0850. The number of furan rings is 2. The number of aliphatic imine (C=N–C) groups is 1. The van der Waals surface area contributed by atoms with Crippen LogP contribution in [0.5, 0.6) is 0 Å². The van der Waals surface area contributed by atoms with Crippen molar-refractivity contribution in [2.45, 2.75) is 13.3 Å². The van der Waals surface area contributed by atoms with Gasteiger partial charge < -0.3 is 18.3 Å². The summed E-state index contributed by atoms with van der Waals surface area (Å²) in [4.78, 5) is 7.62. The fourth-order valence-corrected chi connectivity index (χ4v) is 13.0. The smallest absolute Gasteiger partial charge is 0.154 e. The van der Waals surface area contributed by atoms with Crippen LogP contribution < -0.4 is 0 Å². The normalized spacial score (nSPS) is 12.2. The molecule has 0 aliphatic heterocycles. The molecule has 1 N–H and O–H groups in total. The first-order valence-electron chi connectivity index (χ1n) is 30.0. The molecule has 0 unspecified atom stereocenters. The number of nitrogens with zero attached hydrogens (tertiary/aromatic N) is 3. The summed E-state index contributed by atoms with van der Waals surface area (Å²) in [7, 11) is 2.09. The highest BCUT2D eigenvalue weighted by Crippen LogP contribution is 2.50. The highest BCUT2D eigenvalue weighted by molar-refractivity contribution is 6.27. The number of rotatable bonds is 13. The molecule has 3 heterocycles. The Morgan fingerprint density at radius 1 is 0.432 bits per heavy atom. The molecule has 0 aliphatic rings. The molecule has 3 aromatic heterocycles. The quantitative estimate of drug-likeness (QED) is 0.0710. The van der Waals surface area contributed by atoms with Gasteiger partial charge in [0.25, 0.3) is 0 Å². The second-order valence-electron chi connectivity index (χ2n) is 22.5. The number of nitrogens with one attached hydrogen (secondary N) is 1. The van der Waals surface area contributed by atoms with Crippen LogP contribution in [0.25, 0.3) is 133 Å². The maximum Gasteiger partial charge on any atom is 0.154 e. The SMILES string of the molecule is C=C/C(=C(\CN(C)/C(=N\C(=N)c1ccc2c(c1)oc1ccccc12)c1ccc2c(c1)oc1ccccc12)n1c2c(-c3ccccc3)ccc(-c3ccccc3)c2c2c(-c3ccccc3)ccc(-c3ccc(-c4cccc(CC)c4)cc3)c21)c1ccccc1. The number of fused-ring (bicyclic) bond motifs is 9. The van der Waals surface area contributed by atoms with Gasteiger partial charge in [-0.25, -0.2) is 4.99 Å². The van der Waals surface area contributed by atoms with Gasteiger partial charge in [-0.3, -0.25) is 5.41 Å². The van der Waals surface area contributed by atoms with Crippen molar-refractivity contribution in [2.75, 3.05) is 13.6 Å². The second kappa shape index (κ2) is 22.6. The molecule has 0 saturated carbocycles. The molecular weight excluding hydrogens is 1070 g/mol. The van der Waals surface area contributed by atoms with Crippen LogP contribution in [0, 0.1) is 5.41 Å². The van der Waals surface area contributed by atoms with Crippen LogP contribution in [0.1, 0.15) is 29.2 Å². The molecule has 88 heavy (non-hydrogen) atoms. The predicted molar refractivity (Wildman–Crippen MR) is 369 cm³/mol. The highest BCUT2D eigenvalue weighted by Gasteiger charge is 2.29. The fraction of sp³-hybridized carbons (Fsp3) is 0.0488. The van der Waals surface area contributed by atoms with Crippen molar-refractivity contribution in [3.63, 3.8) is 0 Å². The van der Waals surface area contributed by atoms with Crippen molar-refractivity contribution in [3.8, 4) is 55.6 Å². The van der Waals surface area contributed by atoms with Crippen molar-refractivity contribution in [2.24, 2.45) is 4.99 Å². The van der Waals surface area contributed by atoms with Gasteiger partial charge in [-0.1, -0.05) is 262 Å². The first-order chi connectivity index (χ1) is 43.4. The van der Waals surface area contributed by atoms with E-state index in [2.05, 4.69) is 254 Å². The van der Waals surface area contributed by atoms with Gasteiger partial charge >= 0.3 is 0 Å². The first kappa shape index (κ1) is 53.4. The highest BCUT2D eigenvalue weighted by atomic mass is 16.3. The van der Waals surface area contributed by atoms with Gasteiger partial charge in [-0.05, 0) is 98.5 Å². The van der Waals surface area contributed by atoms with E-state index < -0.39 is 0 Å². The molecule has 6 heteroatoms. The molecule has 0 amide bonds. The van der Waals surface area contributed by atoms with E-state index in [4.69, 9.17) is 13.8 Å². The van der Waals surface area contributed by atoms with E-state index in [1.165, 1.54) is 11.1 Å². The minimum atomic E-state index is 0.0850. The number of hydrogen-bond donors (Lipinski definition) is 1. The number of allylic oxidation sites excluding steroid dienone is 2. The summed E-state index contributed by atoms with van der Waals surface area (Å²) in [6.45, 7) is 7.19. The van der Waals surface area contributed by atoms with Crippen molar-refractivity contribution >= 4 is 88.6 Å². The van der Waals surface area contributed by atoms with Crippen molar-refractivity contribution in [3.05, 3.63) is 314 Å². The summed E-state index contributed by atoms with van der Waals surface area (Å²) in [5.74, 6) is 0.662. The molecule has 15 aromatic rings. The van der Waals surface area contributed by atoms with Gasteiger partial charge in [0.15, 0.2) is 5.84 Å². The van der Waals surface area contributed by atoms with Crippen molar-refractivity contribution in [1.29, 1.82) is 5.41 Å². The molecule has 420 valence electrons. The van der Waals surface area contributed by atoms with Gasteiger partial charge in [0.1, 0.15) is 28.2 Å². The maximum absolute atomic E-state index is 9.99. The number of likely N-dealkylation sites (N-methyl/N-ethyl adjacent to an activating group) is 1. The molecule has 0 aliphatic carbocycles. The third kappa shape index (κ3) is 9.49. The van der Waals surface area contributed by atoms with Crippen LogP contribution in [0.15, 0.2) is 306 Å². The summed E-state index contributed by atoms with van der Waals surface area (Å²) in [6, 6.07) is 98.7. The topological polar surface area (TPSA) is 70.7 Å². The Morgan fingerprint density at radius 3 is 1.42 bits per heavy atom. The van der Waals surface area contributed by atoms with Crippen molar-refractivity contribution < 1.29 is 8.83 Å². The fourth-order valence-electron chi connectivity index (χ4n) is 13.0. The van der Waals surface area contributed by atoms with Crippen LogP contribution in [0.2, 0.25) is 0 Å². The zero-order valence-electron chi connectivity index (χ0n) is 48.9. The summed E-state index contributed by atoms with van der Waals surface area (Å²) in [5, 5.41) is 16.3. The Balaban J connectivity index is 1.04. The molecular formula is C82H60N4O2. The van der Waals surface area contributed by atoms with E-state index in [1.54, 1.807) is 0 Å². The Bertz CT molecular complexity index is 5240. The number of para-hydroxylation sites is 2. The number of benzene rings is 12. The zero-order chi connectivity index (χ0) is 59.2. The van der Waals surface area contributed by atoms with E-state index >= 15 is 0 Å². The molecule has 0 bridgehead atoms. The van der Waals surface area contributed by atoms with Crippen molar-refractivity contribution in [1.82, 2.24) is 9.47 Å². The maximum atomic E-state index is 9.99. The van der Waals surface area contributed by atoms with E-state index in [0.717, 1.165) is 139 Å². The third-order valence-electron chi connectivity index (χ3n) is 17.3. The minimum Gasteiger partial charge on any atom is -0.456 e. The number of aromatic nitrogens is 1. The predicted octanol–water partition coefficient (Wildman–Crippen LogP) is 21.4. The zero-order valence-corrected chi connectivity index (χ0v) is 48.9. The Morgan fingerprint density at radius 2 is 0.875 bits per heavy atom. The molecule has 12 aromatic carbocycles. The van der Waals surface area contributed by atoms with Gasteiger partial charge in [-0.15, -0.1) is 0 Å². The van der Waals surface area contributed by atoms with Gasteiger partial charge in [0.05, 0.1) is 23.3 Å². The molecule has 0 saturated heterocycles. The summed E-state index contributed by atoms with van der Waals surface area (Å²) in [6.07, 6.45) is 2.98. The van der Waals surface area contributed by atoms with Crippen LogP contribution in [-0.2, 0) is 6.42 Å². The summed E-state index contributed by atoms with van der Waals surface area (Å²) < 4.78 is 15.6. The third-order valence-corrected chi connectivity index (χ3v) is 17.3. The summed E-state index contributed by atoms with van der Waals surface area (Å²) in [5.41, 5.74) is 21.8. The Kier molecular flexibility index (Phi) is 13.7. The molecule has 15 rings (SSSR count). The molecule has 6 nitrogen and oxygen atoms in total. The second-order valence-corrected chi connectivity index (χ2v) is 22.5. The standard InChI is InChI=1S/C82H60N4O2/c1-4-53-23-22-32-60(49-53)54-37-39-59(40-38-54)67-48-46-65(57-28-14-8-15-29-57)78-77-64(56-26-12-7-13-27-56)45-47-66(58-30-16-9-17-31-58)79(77)86(80(67)78)72(63(5-2)55-24-10-6-11-25-55)52-85(3)82(62-42-44-71-69-34-19-21-36-74(69)88-76(71)51-62)84-81(83)61-41-43-70-68-33-18-20-35-73(68)87-75(70)50-61/h5-51,83H,2,4,52H2,1,3H3/b72-63-,83-81?,84-82-. The van der Waals surface area contributed by atoms with E-state index in [-0.39, 0.29) is 5.84 Å². The van der Waals surface area contributed by atoms with Crippen LogP contribution >= 0.6 is 0 Å². The van der Waals surface area contributed by atoms with E-state index in [0.29, 0.717) is 23.5 Å². The average molecular weight is 1130 g/mol. The number of hydrogen-bond acceptors (Lipinski definition) is 3. The number of aryl methyl sites for hydroxylation is 1. The Hall–Kier alpha value is -11.3. The molecule has 0 radical (unpaired) electrons. The van der Waals surface area contributed by atoms with Gasteiger partial charge in [0, 0.05) is 67.2 Å². The lowest BCUT2D eigenvalue weighted by Crippen LogP contribution is -2.31. The lowest BCUT2D eigenvalue weighted by molar-refractivity contribution is 0.566. The lowest BCUT2D eigenvalue weighted by atomic mass is 9.90. The molecule has 0 spiro atoms. The van der Waals surface area contributed by atoms with E-state index in [9.17, 15) is 5.41 Å². The monoisotopic (exact) mass is 1130 g/mol. The van der Waals surface area contributed by atoms with Gasteiger partial charge in [-0.2, -0.15) is 0 Å². The number of amidine groups is 2. The average Bonchev–Trinajstić information content (AvgIpc) is 1.65. The first-order valence-corrected chi connectivity index (χ1v) is 30.0. The Labute approximate surface area is 511 Å². The van der Waals surface area contributed by atoms with Gasteiger partial charge in [0.2, 0.25) is 0 Å². The van der Waals surface area contributed by atoms with Crippen LogP contribution in [0.3, 0.4) is 0 Å². The van der Waals surface area contributed by atoms with Crippen LogP contribution in [-0.4, -0.2) is 34.7 Å². The van der Waals surface area contributed by atoms with Crippen LogP contribution in [0.4, 0.5) is 0 Å². The van der Waals surface area contributed by atoms with E-state index in [1.807, 2.05) is 60.7 Å². The largest absolute Gasteiger partial charge is 0.456 e. The lowest BCUT2D eigenvalue weighted by Gasteiger charge is -2.27. The molecule has 0 fully saturated rings. The molecule has 0 atom stereocenters.